The summed E-state index contributed by atoms with van der Waals surface area (Å²) < 4.78 is 24.4. The van der Waals surface area contributed by atoms with Gasteiger partial charge in [-0.15, -0.1) is 0 Å². The van der Waals surface area contributed by atoms with Crippen LogP contribution in [0.5, 0.6) is 5.75 Å². The van der Waals surface area contributed by atoms with Gasteiger partial charge in [-0.2, -0.15) is 0 Å². The van der Waals surface area contributed by atoms with Gasteiger partial charge in [-0.3, -0.25) is 9.80 Å². The molecule has 1 aliphatic heterocycles. The van der Waals surface area contributed by atoms with Crippen LogP contribution < -0.4 is 4.74 Å². The van der Waals surface area contributed by atoms with Gasteiger partial charge in [0.05, 0.1) is 12.2 Å². The third-order valence-corrected chi connectivity index (χ3v) is 5.09. The van der Waals surface area contributed by atoms with Crippen LogP contribution in [0.4, 0.5) is 4.39 Å². The minimum absolute atomic E-state index is 0.164. The van der Waals surface area contributed by atoms with Gasteiger partial charge in [0.15, 0.2) is 0 Å². The summed E-state index contributed by atoms with van der Waals surface area (Å²) in [7, 11) is 0. The standard InChI is InChI=1S/C23H29FN2O4/c1-2-29-23(28)18-7-9-21(10-8-18)30-17-20(27)16-26-13-11-25(12-14-26)15-19-5-3-4-6-22(19)24/h3-10,20,27H,2,11-17H2,1H3. The summed E-state index contributed by atoms with van der Waals surface area (Å²) >= 11 is 0. The number of ether oxygens (including phenoxy) is 2. The van der Waals surface area contributed by atoms with Crippen molar-refractivity contribution in [3.05, 3.63) is 65.5 Å². The second kappa shape index (κ2) is 11.1. The molecule has 162 valence electrons. The third-order valence-electron chi connectivity index (χ3n) is 5.09. The summed E-state index contributed by atoms with van der Waals surface area (Å²) in [5.74, 6) is 0.0674. The van der Waals surface area contributed by atoms with E-state index in [0.29, 0.717) is 36.6 Å². The number of esters is 1. The van der Waals surface area contributed by atoms with Crippen LogP contribution in [0, 0.1) is 5.82 Å². The topological polar surface area (TPSA) is 62.2 Å². The number of aliphatic hydroxyl groups is 1. The molecule has 0 bridgehead atoms. The van der Waals surface area contributed by atoms with Gasteiger partial charge in [0.25, 0.3) is 0 Å². The first-order valence-corrected chi connectivity index (χ1v) is 10.3. The van der Waals surface area contributed by atoms with Crippen molar-refractivity contribution in [2.75, 3.05) is 45.9 Å². The Morgan fingerprint density at radius 3 is 2.40 bits per heavy atom. The molecule has 0 saturated carbocycles. The zero-order chi connectivity index (χ0) is 21.3. The number of hydrogen-bond acceptors (Lipinski definition) is 6. The Morgan fingerprint density at radius 1 is 1.07 bits per heavy atom. The predicted octanol–water partition coefficient (Wildman–Crippen LogP) is 2.56. The van der Waals surface area contributed by atoms with E-state index in [0.717, 1.165) is 26.2 Å². The molecule has 7 heteroatoms. The molecule has 1 heterocycles. The Kier molecular flexibility index (Phi) is 8.19. The summed E-state index contributed by atoms with van der Waals surface area (Å²) in [6, 6.07) is 13.6. The number of benzene rings is 2. The number of rotatable bonds is 9. The number of halogens is 1. The molecule has 1 atom stereocenters. The fourth-order valence-electron chi connectivity index (χ4n) is 3.44. The molecular formula is C23H29FN2O4. The maximum absolute atomic E-state index is 13.8. The van der Waals surface area contributed by atoms with Crippen LogP contribution in [0.15, 0.2) is 48.5 Å². The van der Waals surface area contributed by atoms with Crippen molar-refractivity contribution < 1.29 is 23.8 Å². The van der Waals surface area contributed by atoms with Gasteiger partial charge in [0, 0.05) is 44.8 Å². The van der Waals surface area contributed by atoms with Crippen molar-refractivity contribution in [2.24, 2.45) is 0 Å². The van der Waals surface area contributed by atoms with E-state index < -0.39 is 6.10 Å². The van der Waals surface area contributed by atoms with Gasteiger partial charge in [0.1, 0.15) is 24.3 Å². The summed E-state index contributed by atoms with van der Waals surface area (Å²) in [4.78, 5) is 16.1. The molecule has 0 amide bonds. The van der Waals surface area contributed by atoms with Gasteiger partial charge in [0.2, 0.25) is 0 Å². The Hall–Kier alpha value is -2.48. The quantitative estimate of drug-likeness (QED) is 0.634. The second-order valence-corrected chi connectivity index (χ2v) is 7.38. The van der Waals surface area contributed by atoms with E-state index in [1.165, 1.54) is 6.07 Å². The van der Waals surface area contributed by atoms with Crippen LogP contribution in [0.2, 0.25) is 0 Å². The number of aliphatic hydroxyl groups excluding tert-OH is 1. The molecule has 3 rings (SSSR count). The minimum Gasteiger partial charge on any atom is -0.491 e. The van der Waals surface area contributed by atoms with Crippen molar-refractivity contribution in [3.8, 4) is 5.75 Å². The molecule has 30 heavy (non-hydrogen) atoms. The van der Waals surface area contributed by atoms with E-state index in [4.69, 9.17) is 9.47 Å². The highest BCUT2D eigenvalue weighted by atomic mass is 19.1. The van der Waals surface area contributed by atoms with Gasteiger partial charge < -0.3 is 14.6 Å². The van der Waals surface area contributed by atoms with Crippen molar-refractivity contribution >= 4 is 5.97 Å². The maximum Gasteiger partial charge on any atom is 0.338 e. The lowest BCUT2D eigenvalue weighted by atomic mass is 10.2. The first-order valence-electron chi connectivity index (χ1n) is 10.3. The highest BCUT2D eigenvalue weighted by molar-refractivity contribution is 5.89. The smallest absolute Gasteiger partial charge is 0.338 e. The van der Waals surface area contributed by atoms with Gasteiger partial charge in [-0.25, -0.2) is 9.18 Å². The Bertz CT molecular complexity index is 807. The minimum atomic E-state index is -0.618. The molecule has 1 N–H and O–H groups in total. The lowest BCUT2D eigenvalue weighted by Gasteiger charge is -2.35. The van der Waals surface area contributed by atoms with Crippen LogP contribution in [-0.4, -0.2) is 72.9 Å². The largest absolute Gasteiger partial charge is 0.491 e. The van der Waals surface area contributed by atoms with Crippen LogP contribution >= 0.6 is 0 Å². The lowest BCUT2D eigenvalue weighted by Crippen LogP contribution is -2.48. The molecule has 0 aliphatic carbocycles. The van der Waals surface area contributed by atoms with Gasteiger partial charge in [-0.05, 0) is 37.3 Å². The van der Waals surface area contributed by atoms with Crippen molar-refractivity contribution in [1.29, 1.82) is 0 Å². The predicted molar refractivity (Wildman–Crippen MR) is 112 cm³/mol. The monoisotopic (exact) mass is 416 g/mol. The summed E-state index contributed by atoms with van der Waals surface area (Å²) in [6.07, 6.45) is -0.618. The Balaban J connectivity index is 1.37. The van der Waals surface area contributed by atoms with Gasteiger partial charge >= 0.3 is 5.97 Å². The fourth-order valence-corrected chi connectivity index (χ4v) is 3.44. The fraction of sp³-hybridized carbons (Fsp3) is 0.435. The summed E-state index contributed by atoms with van der Waals surface area (Å²) in [5, 5.41) is 10.3. The third kappa shape index (κ3) is 6.52. The second-order valence-electron chi connectivity index (χ2n) is 7.38. The van der Waals surface area contributed by atoms with Crippen LogP contribution in [0.3, 0.4) is 0 Å². The summed E-state index contributed by atoms with van der Waals surface area (Å²) in [5.41, 5.74) is 1.19. The highest BCUT2D eigenvalue weighted by Gasteiger charge is 2.20. The number of piperazine rings is 1. The molecule has 0 radical (unpaired) electrons. The number of carbonyl (C=O) groups is 1. The van der Waals surface area contributed by atoms with Crippen LogP contribution in [-0.2, 0) is 11.3 Å². The molecule has 0 spiro atoms. The first-order chi connectivity index (χ1) is 14.5. The molecule has 1 saturated heterocycles. The van der Waals surface area contributed by atoms with E-state index in [2.05, 4.69) is 9.80 Å². The molecule has 2 aromatic carbocycles. The number of nitrogens with zero attached hydrogens (tertiary/aromatic N) is 2. The van der Waals surface area contributed by atoms with Crippen molar-refractivity contribution in [2.45, 2.75) is 19.6 Å². The highest BCUT2D eigenvalue weighted by Crippen LogP contribution is 2.15. The van der Waals surface area contributed by atoms with Crippen LogP contribution in [0.25, 0.3) is 0 Å². The van der Waals surface area contributed by atoms with E-state index in [-0.39, 0.29) is 18.4 Å². The number of hydrogen-bond donors (Lipinski definition) is 1. The maximum atomic E-state index is 13.8. The number of carbonyl (C=O) groups excluding carboxylic acids is 1. The Morgan fingerprint density at radius 2 is 1.73 bits per heavy atom. The SMILES string of the molecule is CCOC(=O)c1ccc(OCC(O)CN2CCN(Cc3ccccc3F)CC2)cc1. The molecule has 1 fully saturated rings. The molecular weight excluding hydrogens is 387 g/mol. The van der Waals surface area contributed by atoms with Crippen molar-refractivity contribution in [1.82, 2.24) is 9.80 Å². The lowest BCUT2D eigenvalue weighted by molar-refractivity contribution is 0.0443. The van der Waals surface area contributed by atoms with E-state index in [9.17, 15) is 14.3 Å². The Labute approximate surface area is 176 Å². The van der Waals surface area contributed by atoms with Gasteiger partial charge in [-0.1, -0.05) is 18.2 Å². The normalized spacial score (nSPS) is 16.2. The zero-order valence-electron chi connectivity index (χ0n) is 17.3. The van der Waals surface area contributed by atoms with Crippen molar-refractivity contribution in [3.63, 3.8) is 0 Å². The average Bonchev–Trinajstić information content (AvgIpc) is 2.76. The molecule has 2 aromatic rings. The molecule has 0 aromatic heterocycles. The zero-order valence-corrected chi connectivity index (χ0v) is 17.3. The molecule has 6 nitrogen and oxygen atoms in total. The van der Waals surface area contributed by atoms with E-state index in [1.54, 1.807) is 37.3 Å². The summed E-state index contributed by atoms with van der Waals surface area (Å²) in [6.45, 7) is 6.70. The molecule has 1 aliphatic rings. The average molecular weight is 416 g/mol. The first kappa shape index (κ1) is 22.2. The number of β-amino-alcohol motifs (C(OH)–C–C–N with tert-alkyl or cyclic N) is 1. The molecule has 1 unspecified atom stereocenters. The van der Waals surface area contributed by atoms with Crippen LogP contribution in [0.1, 0.15) is 22.8 Å². The van der Waals surface area contributed by atoms with E-state index >= 15 is 0 Å². The van der Waals surface area contributed by atoms with E-state index in [1.807, 2.05) is 12.1 Å².